The fourth-order valence-electron chi connectivity index (χ4n) is 1.53. The number of ether oxygens (including phenoxy) is 2. The highest BCUT2D eigenvalue weighted by molar-refractivity contribution is 4.81. The van der Waals surface area contributed by atoms with E-state index in [1.807, 2.05) is 6.92 Å². The summed E-state index contributed by atoms with van der Waals surface area (Å²) < 4.78 is 10.7. The maximum absolute atomic E-state index is 9.41. The number of rotatable bonds is 3. The van der Waals surface area contributed by atoms with Crippen molar-refractivity contribution in [3.05, 3.63) is 0 Å². The van der Waals surface area contributed by atoms with Crippen molar-refractivity contribution in [2.45, 2.75) is 51.3 Å². The minimum absolute atomic E-state index is 0.00998. The smallest absolute Gasteiger partial charge is 0.160 e. The first-order chi connectivity index (χ1) is 5.92. The Morgan fingerprint density at radius 3 is 2.54 bits per heavy atom. The highest BCUT2D eigenvalue weighted by Crippen LogP contribution is 2.25. The zero-order chi connectivity index (χ0) is 10.1. The summed E-state index contributed by atoms with van der Waals surface area (Å²) in [5, 5.41) is 18.3. The molecule has 1 fully saturated rings. The Hall–Kier alpha value is -0.160. The molecule has 3 unspecified atom stereocenters. The highest BCUT2D eigenvalue weighted by atomic mass is 16.6. The Morgan fingerprint density at radius 2 is 2.15 bits per heavy atom. The first-order valence-electron chi connectivity index (χ1n) is 4.59. The van der Waals surface area contributed by atoms with Crippen LogP contribution in [0, 0.1) is 0 Å². The molecule has 0 aliphatic carbocycles. The first kappa shape index (κ1) is 10.9. The van der Waals surface area contributed by atoms with E-state index in [1.165, 1.54) is 0 Å². The van der Waals surface area contributed by atoms with Crippen LogP contribution >= 0.6 is 0 Å². The van der Waals surface area contributed by atoms with Gasteiger partial charge in [-0.3, -0.25) is 0 Å². The van der Waals surface area contributed by atoms with Crippen LogP contribution in [0.25, 0.3) is 0 Å². The lowest BCUT2D eigenvalue weighted by Crippen LogP contribution is -2.33. The van der Waals surface area contributed by atoms with Gasteiger partial charge in [-0.2, -0.15) is 0 Å². The van der Waals surface area contributed by atoms with Crippen molar-refractivity contribution in [3.8, 4) is 0 Å². The number of aliphatic hydroxyl groups excluding tert-OH is 1. The average Bonchev–Trinajstić information content (AvgIpc) is 2.29. The maximum Gasteiger partial charge on any atom is 0.160 e. The minimum Gasteiger partial charge on any atom is -0.394 e. The second-order valence-electron chi connectivity index (χ2n) is 3.98. The third-order valence-electron chi connectivity index (χ3n) is 2.07. The van der Waals surface area contributed by atoms with Crippen molar-refractivity contribution in [2.75, 3.05) is 6.61 Å². The minimum atomic E-state index is -1.13. The summed E-state index contributed by atoms with van der Waals surface area (Å²) in [5.41, 5.74) is 0. The molecular weight excluding hydrogens is 172 g/mol. The Kier molecular flexibility index (Phi) is 3.29. The van der Waals surface area contributed by atoms with Crippen LogP contribution in [0.15, 0.2) is 0 Å². The summed E-state index contributed by atoms with van der Waals surface area (Å²) in [6, 6.07) is 0. The Balaban J connectivity index is 2.44. The zero-order valence-corrected chi connectivity index (χ0v) is 8.36. The van der Waals surface area contributed by atoms with E-state index in [2.05, 4.69) is 0 Å². The lowest BCUT2D eigenvalue weighted by atomic mass is 10.1. The molecule has 1 aliphatic heterocycles. The largest absolute Gasteiger partial charge is 0.394 e. The molecule has 0 amide bonds. The van der Waals surface area contributed by atoms with Crippen molar-refractivity contribution in [3.63, 3.8) is 0 Å². The van der Waals surface area contributed by atoms with Crippen molar-refractivity contribution in [1.29, 1.82) is 0 Å². The van der Waals surface area contributed by atoms with Gasteiger partial charge >= 0.3 is 0 Å². The highest BCUT2D eigenvalue weighted by Gasteiger charge is 2.35. The number of hydrogen-bond donors (Lipinski definition) is 2. The second-order valence-corrected chi connectivity index (χ2v) is 3.98. The molecule has 1 heterocycles. The summed E-state index contributed by atoms with van der Waals surface area (Å²) in [6.07, 6.45) is 0.296. The SMILES string of the molecule is CC1OC(CO)CC1OC(C)(C)O. The first-order valence-corrected chi connectivity index (χ1v) is 4.59. The van der Waals surface area contributed by atoms with Gasteiger partial charge in [0.1, 0.15) is 0 Å². The third kappa shape index (κ3) is 3.23. The molecule has 0 aromatic heterocycles. The Bertz CT molecular complexity index is 163. The topological polar surface area (TPSA) is 58.9 Å². The summed E-state index contributed by atoms with van der Waals surface area (Å²) in [5.74, 6) is -1.13. The van der Waals surface area contributed by atoms with E-state index in [0.717, 1.165) is 0 Å². The summed E-state index contributed by atoms with van der Waals surface area (Å²) in [6.45, 7) is 5.07. The van der Waals surface area contributed by atoms with Gasteiger partial charge in [0.25, 0.3) is 0 Å². The van der Waals surface area contributed by atoms with E-state index in [4.69, 9.17) is 14.6 Å². The lowest BCUT2D eigenvalue weighted by molar-refractivity contribution is -0.212. The van der Waals surface area contributed by atoms with E-state index >= 15 is 0 Å². The third-order valence-corrected chi connectivity index (χ3v) is 2.07. The molecule has 0 saturated carbocycles. The van der Waals surface area contributed by atoms with Crippen LogP contribution in [-0.4, -0.2) is 40.9 Å². The van der Waals surface area contributed by atoms with E-state index in [9.17, 15) is 5.11 Å². The molecule has 4 nitrogen and oxygen atoms in total. The van der Waals surface area contributed by atoms with Crippen molar-refractivity contribution >= 4 is 0 Å². The molecule has 0 bridgehead atoms. The van der Waals surface area contributed by atoms with Crippen molar-refractivity contribution in [1.82, 2.24) is 0 Å². The maximum atomic E-state index is 9.41. The van der Waals surface area contributed by atoms with Crippen LogP contribution in [-0.2, 0) is 9.47 Å². The molecule has 4 heteroatoms. The molecule has 1 rings (SSSR count). The predicted octanol–water partition coefficient (Wildman–Crippen LogP) is 0.270. The van der Waals surface area contributed by atoms with Gasteiger partial charge in [-0.05, 0) is 20.8 Å². The molecule has 1 saturated heterocycles. The normalized spacial score (nSPS) is 35.3. The average molecular weight is 190 g/mol. The van der Waals surface area contributed by atoms with Crippen molar-refractivity contribution < 1.29 is 19.7 Å². The molecule has 1 aliphatic rings. The molecule has 13 heavy (non-hydrogen) atoms. The van der Waals surface area contributed by atoms with Crippen molar-refractivity contribution in [2.24, 2.45) is 0 Å². The van der Waals surface area contributed by atoms with Gasteiger partial charge in [0, 0.05) is 6.42 Å². The summed E-state index contributed by atoms with van der Waals surface area (Å²) in [4.78, 5) is 0. The monoisotopic (exact) mass is 190 g/mol. The molecule has 3 atom stereocenters. The second kappa shape index (κ2) is 3.92. The van der Waals surface area contributed by atoms with Gasteiger partial charge < -0.3 is 19.7 Å². The molecule has 0 spiro atoms. The van der Waals surface area contributed by atoms with Crippen LogP contribution in [0.3, 0.4) is 0 Å². The van der Waals surface area contributed by atoms with Crippen LogP contribution in [0.4, 0.5) is 0 Å². The van der Waals surface area contributed by atoms with E-state index in [1.54, 1.807) is 13.8 Å². The van der Waals surface area contributed by atoms with Gasteiger partial charge in [-0.15, -0.1) is 0 Å². The summed E-state index contributed by atoms with van der Waals surface area (Å²) in [7, 11) is 0. The molecular formula is C9H18O4. The molecule has 0 aromatic rings. The van der Waals surface area contributed by atoms with Gasteiger partial charge in [-0.25, -0.2) is 0 Å². The van der Waals surface area contributed by atoms with Crippen LogP contribution < -0.4 is 0 Å². The van der Waals surface area contributed by atoms with Gasteiger partial charge in [-0.1, -0.05) is 0 Å². The fraction of sp³-hybridized carbons (Fsp3) is 1.00. The van der Waals surface area contributed by atoms with E-state index < -0.39 is 5.79 Å². The van der Waals surface area contributed by atoms with E-state index in [-0.39, 0.29) is 24.9 Å². The fourth-order valence-corrected chi connectivity index (χ4v) is 1.53. The van der Waals surface area contributed by atoms with E-state index in [0.29, 0.717) is 6.42 Å². The van der Waals surface area contributed by atoms with Crippen LogP contribution in [0.5, 0.6) is 0 Å². The zero-order valence-electron chi connectivity index (χ0n) is 8.36. The molecule has 78 valence electrons. The van der Waals surface area contributed by atoms with Crippen LogP contribution in [0.1, 0.15) is 27.2 Å². The quantitative estimate of drug-likeness (QED) is 0.627. The number of hydrogen-bond acceptors (Lipinski definition) is 4. The Morgan fingerprint density at radius 1 is 1.54 bits per heavy atom. The van der Waals surface area contributed by atoms with Crippen LogP contribution in [0.2, 0.25) is 0 Å². The Labute approximate surface area is 78.5 Å². The van der Waals surface area contributed by atoms with Gasteiger partial charge in [0.2, 0.25) is 0 Å². The lowest BCUT2D eigenvalue weighted by Gasteiger charge is -2.24. The molecule has 0 radical (unpaired) electrons. The predicted molar refractivity (Wildman–Crippen MR) is 47.2 cm³/mol. The summed E-state index contributed by atoms with van der Waals surface area (Å²) >= 11 is 0. The van der Waals surface area contributed by atoms with Gasteiger partial charge in [0.05, 0.1) is 24.9 Å². The molecule has 2 N–H and O–H groups in total. The number of aliphatic hydroxyl groups is 2. The van der Waals surface area contributed by atoms with Gasteiger partial charge in [0.15, 0.2) is 5.79 Å². The standard InChI is InChI=1S/C9H18O4/c1-6-8(13-9(2,3)11)4-7(5-10)12-6/h6-8,10-11H,4-5H2,1-3H3. The molecule has 0 aromatic carbocycles.